The van der Waals surface area contributed by atoms with Gasteiger partial charge in [0.25, 0.3) is 0 Å². The molecule has 0 radical (unpaired) electrons. The van der Waals surface area contributed by atoms with Crippen molar-refractivity contribution in [3.8, 4) is 0 Å². The van der Waals surface area contributed by atoms with E-state index in [1.54, 1.807) is 0 Å². The standard InChI is InChI=1S/C12H21N3O2/c1-10-12(14-17-13-10)9-15(7-8-16)11-5-3-2-4-6-11/h11,16H,2-9H2,1H3. The van der Waals surface area contributed by atoms with Gasteiger partial charge in [-0.2, -0.15) is 0 Å². The van der Waals surface area contributed by atoms with Gasteiger partial charge in [0.2, 0.25) is 0 Å². The fourth-order valence-electron chi connectivity index (χ4n) is 2.55. The molecule has 1 aromatic rings. The predicted octanol–water partition coefficient (Wildman–Crippen LogP) is 1.51. The number of rotatable bonds is 5. The van der Waals surface area contributed by atoms with Crippen LogP contribution in [0.25, 0.3) is 0 Å². The van der Waals surface area contributed by atoms with Gasteiger partial charge in [-0.25, -0.2) is 4.63 Å². The van der Waals surface area contributed by atoms with Crippen molar-refractivity contribution >= 4 is 0 Å². The van der Waals surface area contributed by atoms with Crippen LogP contribution in [0.4, 0.5) is 0 Å². The zero-order chi connectivity index (χ0) is 12.1. The van der Waals surface area contributed by atoms with Gasteiger partial charge in [0.05, 0.1) is 6.61 Å². The smallest absolute Gasteiger partial charge is 0.122 e. The molecule has 0 aliphatic heterocycles. The first-order chi connectivity index (χ1) is 8.31. The summed E-state index contributed by atoms with van der Waals surface area (Å²) in [4.78, 5) is 2.31. The molecular formula is C12H21N3O2. The lowest BCUT2D eigenvalue weighted by Gasteiger charge is -2.33. The second-order valence-electron chi connectivity index (χ2n) is 4.78. The number of aryl methyl sites for hydroxylation is 1. The average molecular weight is 239 g/mol. The molecule has 1 saturated carbocycles. The number of hydrogen-bond donors (Lipinski definition) is 1. The minimum atomic E-state index is 0.195. The molecule has 5 heteroatoms. The van der Waals surface area contributed by atoms with Crippen molar-refractivity contribution in [2.24, 2.45) is 0 Å². The summed E-state index contributed by atoms with van der Waals surface area (Å²) in [5.41, 5.74) is 1.74. The first-order valence-electron chi connectivity index (χ1n) is 6.44. The quantitative estimate of drug-likeness (QED) is 0.843. The molecule has 0 spiro atoms. The maximum absolute atomic E-state index is 9.16. The highest BCUT2D eigenvalue weighted by molar-refractivity contribution is 5.04. The Morgan fingerprint density at radius 2 is 2.06 bits per heavy atom. The van der Waals surface area contributed by atoms with E-state index in [0.29, 0.717) is 12.6 Å². The summed E-state index contributed by atoms with van der Waals surface area (Å²) in [6.07, 6.45) is 6.38. The molecule has 96 valence electrons. The zero-order valence-electron chi connectivity index (χ0n) is 10.4. The van der Waals surface area contributed by atoms with Gasteiger partial charge >= 0.3 is 0 Å². The van der Waals surface area contributed by atoms with Gasteiger partial charge in [0, 0.05) is 19.1 Å². The van der Waals surface area contributed by atoms with Crippen molar-refractivity contribution < 1.29 is 9.74 Å². The van der Waals surface area contributed by atoms with Crippen LogP contribution in [0.15, 0.2) is 4.63 Å². The Balaban J connectivity index is 1.98. The molecule has 0 atom stereocenters. The zero-order valence-corrected chi connectivity index (χ0v) is 10.4. The molecule has 0 bridgehead atoms. The van der Waals surface area contributed by atoms with E-state index in [4.69, 9.17) is 9.74 Å². The molecule has 0 unspecified atom stereocenters. The van der Waals surface area contributed by atoms with Crippen LogP contribution in [-0.2, 0) is 6.54 Å². The third-order valence-electron chi connectivity index (χ3n) is 3.58. The van der Waals surface area contributed by atoms with Gasteiger partial charge in [-0.1, -0.05) is 29.6 Å². The molecule has 0 aromatic carbocycles. The van der Waals surface area contributed by atoms with E-state index < -0.39 is 0 Å². The topological polar surface area (TPSA) is 62.4 Å². The second-order valence-corrected chi connectivity index (χ2v) is 4.78. The number of aromatic nitrogens is 2. The molecule has 1 aromatic heterocycles. The average Bonchev–Trinajstić information content (AvgIpc) is 2.76. The number of hydrogen-bond acceptors (Lipinski definition) is 5. The van der Waals surface area contributed by atoms with Crippen LogP contribution < -0.4 is 0 Å². The van der Waals surface area contributed by atoms with E-state index in [-0.39, 0.29) is 6.61 Å². The lowest BCUT2D eigenvalue weighted by atomic mass is 9.94. The summed E-state index contributed by atoms with van der Waals surface area (Å²) in [6, 6.07) is 0.576. The normalized spacial score (nSPS) is 17.8. The van der Waals surface area contributed by atoms with E-state index in [9.17, 15) is 0 Å². The molecular weight excluding hydrogens is 218 g/mol. The number of aliphatic hydroxyl groups is 1. The summed E-state index contributed by atoms with van der Waals surface area (Å²) >= 11 is 0. The van der Waals surface area contributed by atoms with E-state index in [1.165, 1.54) is 32.1 Å². The van der Waals surface area contributed by atoms with Crippen LogP contribution in [0, 0.1) is 6.92 Å². The van der Waals surface area contributed by atoms with Crippen molar-refractivity contribution in [1.82, 2.24) is 15.2 Å². The molecule has 0 amide bonds. The molecule has 2 rings (SSSR count). The lowest BCUT2D eigenvalue weighted by molar-refractivity contribution is 0.114. The minimum absolute atomic E-state index is 0.195. The third-order valence-corrected chi connectivity index (χ3v) is 3.58. The van der Waals surface area contributed by atoms with Crippen LogP contribution in [0.5, 0.6) is 0 Å². The highest BCUT2D eigenvalue weighted by Gasteiger charge is 2.22. The fourth-order valence-corrected chi connectivity index (χ4v) is 2.55. The minimum Gasteiger partial charge on any atom is -0.395 e. The Bertz CT molecular complexity index is 334. The first-order valence-corrected chi connectivity index (χ1v) is 6.44. The summed E-state index contributed by atoms with van der Waals surface area (Å²) in [5, 5.41) is 16.9. The van der Waals surface area contributed by atoms with E-state index in [1.807, 2.05) is 6.92 Å². The molecule has 1 N–H and O–H groups in total. The highest BCUT2D eigenvalue weighted by Crippen LogP contribution is 2.23. The number of nitrogens with zero attached hydrogens (tertiary/aromatic N) is 3. The lowest BCUT2D eigenvalue weighted by Crippen LogP contribution is -2.38. The molecule has 1 heterocycles. The van der Waals surface area contributed by atoms with Crippen LogP contribution in [-0.4, -0.2) is 39.5 Å². The van der Waals surface area contributed by atoms with Gasteiger partial charge in [-0.3, -0.25) is 4.90 Å². The van der Waals surface area contributed by atoms with Gasteiger partial charge < -0.3 is 5.11 Å². The first kappa shape index (κ1) is 12.5. The Labute approximate surface area is 102 Å². The van der Waals surface area contributed by atoms with E-state index >= 15 is 0 Å². The van der Waals surface area contributed by atoms with Crippen molar-refractivity contribution in [3.05, 3.63) is 11.4 Å². The molecule has 0 saturated heterocycles. The summed E-state index contributed by atoms with van der Waals surface area (Å²) in [7, 11) is 0. The van der Waals surface area contributed by atoms with Crippen molar-refractivity contribution in [2.75, 3.05) is 13.2 Å². The second kappa shape index (κ2) is 6.12. The van der Waals surface area contributed by atoms with E-state index in [0.717, 1.165) is 17.9 Å². The molecule has 1 fully saturated rings. The largest absolute Gasteiger partial charge is 0.395 e. The van der Waals surface area contributed by atoms with E-state index in [2.05, 4.69) is 15.2 Å². The Kier molecular flexibility index (Phi) is 4.50. The monoisotopic (exact) mass is 239 g/mol. The van der Waals surface area contributed by atoms with Crippen molar-refractivity contribution in [3.63, 3.8) is 0 Å². The highest BCUT2D eigenvalue weighted by atomic mass is 16.6. The van der Waals surface area contributed by atoms with Gasteiger partial charge in [0.1, 0.15) is 11.4 Å². The maximum atomic E-state index is 9.16. The van der Waals surface area contributed by atoms with Crippen LogP contribution in [0.3, 0.4) is 0 Å². The Morgan fingerprint density at radius 3 is 2.65 bits per heavy atom. The van der Waals surface area contributed by atoms with Crippen LogP contribution >= 0.6 is 0 Å². The summed E-state index contributed by atoms with van der Waals surface area (Å²) < 4.78 is 4.72. The summed E-state index contributed by atoms with van der Waals surface area (Å²) in [6.45, 7) is 3.54. The summed E-state index contributed by atoms with van der Waals surface area (Å²) in [5.74, 6) is 0. The van der Waals surface area contributed by atoms with Crippen LogP contribution in [0.1, 0.15) is 43.5 Å². The SMILES string of the molecule is Cc1nonc1CN(CCO)C1CCCCC1. The maximum Gasteiger partial charge on any atom is 0.122 e. The van der Waals surface area contributed by atoms with Crippen LogP contribution in [0.2, 0.25) is 0 Å². The fraction of sp³-hybridized carbons (Fsp3) is 0.833. The predicted molar refractivity (Wildman–Crippen MR) is 63.4 cm³/mol. The van der Waals surface area contributed by atoms with Gasteiger partial charge in [-0.05, 0) is 19.8 Å². The Hall–Kier alpha value is -0.940. The Morgan fingerprint density at radius 1 is 1.29 bits per heavy atom. The van der Waals surface area contributed by atoms with Crippen molar-refractivity contribution in [1.29, 1.82) is 0 Å². The molecule has 5 nitrogen and oxygen atoms in total. The van der Waals surface area contributed by atoms with Gasteiger partial charge in [-0.15, -0.1) is 0 Å². The third kappa shape index (κ3) is 3.26. The molecule has 1 aliphatic rings. The molecule has 17 heavy (non-hydrogen) atoms. The number of aliphatic hydroxyl groups excluding tert-OH is 1. The van der Waals surface area contributed by atoms with Gasteiger partial charge in [0.15, 0.2) is 0 Å². The van der Waals surface area contributed by atoms with Crippen molar-refractivity contribution in [2.45, 2.75) is 51.6 Å². The molecule has 1 aliphatic carbocycles.